The Labute approximate surface area is 90.1 Å². The van der Waals surface area contributed by atoms with E-state index < -0.39 is 0 Å². The Bertz CT molecular complexity index is 390. The van der Waals surface area contributed by atoms with Crippen LogP contribution in [-0.2, 0) is 0 Å². The van der Waals surface area contributed by atoms with E-state index in [0.717, 1.165) is 12.1 Å². The van der Waals surface area contributed by atoms with Crippen molar-refractivity contribution in [2.75, 3.05) is 6.54 Å². The van der Waals surface area contributed by atoms with Crippen LogP contribution >= 0.6 is 15.9 Å². The largest absolute Gasteiger partial charge is 0.386 e. The normalized spacial score (nSPS) is 20.4. The maximum Gasteiger partial charge on any atom is 0.137 e. The fourth-order valence-corrected chi connectivity index (χ4v) is 1.77. The van der Waals surface area contributed by atoms with Crippen LogP contribution in [0.4, 0.5) is 4.39 Å². The third kappa shape index (κ3) is 1.75. The van der Waals surface area contributed by atoms with Crippen LogP contribution in [0.2, 0.25) is 0 Å². The lowest BCUT2D eigenvalue weighted by molar-refractivity contribution is 0.617. The fourth-order valence-electron chi connectivity index (χ4n) is 1.52. The van der Waals surface area contributed by atoms with Crippen LogP contribution in [0.15, 0.2) is 34.6 Å². The highest BCUT2D eigenvalue weighted by Crippen LogP contribution is 2.24. The average molecular weight is 257 g/mol. The first-order valence-electron chi connectivity index (χ1n) is 4.33. The number of hydrogen-bond acceptors (Lipinski definition) is 2. The Morgan fingerprint density at radius 2 is 2.29 bits per heavy atom. The van der Waals surface area contributed by atoms with Crippen molar-refractivity contribution in [3.05, 3.63) is 45.9 Å². The van der Waals surface area contributed by atoms with Gasteiger partial charge < -0.3 is 11.1 Å². The van der Waals surface area contributed by atoms with Crippen molar-refractivity contribution in [2.24, 2.45) is 5.73 Å². The monoisotopic (exact) mass is 256 g/mol. The zero-order valence-electron chi connectivity index (χ0n) is 7.43. The molecule has 1 heterocycles. The predicted octanol–water partition coefficient (Wildman–Crippen LogP) is 2.08. The lowest BCUT2D eigenvalue weighted by Crippen LogP contribution is -2.15. The summed E-state index contributed by atoms with van der Waals surface area (Å²) in [7, 11) is 0. The third-order valence-corrected chi connectivity index (χ3v) is 2.92. The molecule has 2 rings (SSSR count). The standard InChI is InChI=1S/C10H10BrFN2/c11-8-2-1-6(3-9(8)12)7-4-10(13)14-5-7/h1-4,7,14H,5,13H2/t7-/m1/s1. The van der Waals surface area contributed by atoms with E-state index in [4.69, 9.17) is 5.73 Å². The molecule has 74 valence electrons. The van der Waals surface area contributed by atoms with Gasteiger partial charge in [0.05, 0.1) is 10.3 Å². The molecule has 0 saturated heterocycles. The molecule has 2 nitrogen and oxygen atoms in total. The second-order valence-corrected chi connectivity index (χ2v) is 4.14. The van der Waals surface area contributed by atoms with Crippen LogP contribution in [-0.4, -0.2) is 6.54 Å². The molecule has 14 heavy (non-hydrogen) atoms. The van der Waals surface area contributed by atoms with Crippen molar-refractivity contribution in [3.8, 4) is 0 Å². The Morgan fingerprint density at radius 1 is 1.50 bits per heavy atom. The summed E-state index contributed by atoms with van der Waals surface area (Å²) in [6.07, 6.45) is 1.91. The summed E-state index contributed by atoms with van der Waals surface area (Å²) in [6.45, 7) is 0.743. The summed E-state index contributed by atoms with van der Waals surface area (Å²) in [5.74, 6) is 0.609. The highest BCUT2D eigenvalue weighted by Gasteiger charge is 2.16. The molecule has 0 spiro atoms. The van der Waals surface area contributed by atoms with Crippen LogP contribution in [0.5, 0.6) is 0 Å². The van der Waals surface area contributed by atoms with E-state index in [2.05, 4.69) is 21.2 Å². The fraction of sp³-hybridized carbons (Fsp3) is 0.200. The van der Waals surface area contributed by atoms with Crippen LogP contribution in [0, 0.1) is 5.82 Å². The average Bonchev–Trinajstić information content (AvgIpc) is 2.57. The molecular formula is C10H10BrFN2. The zero-order valence-corrected chi connectivity index (χ0v) is 9.01. The molecule has 0 amide bonds. The Balaban J connectivity index is 2.29. The maximum atomic E-state index is 13.2. The molecule has 0 saturated carbocycles. The van der Waals surface area contributed by atoms with Gasteiger partial charge in [-0.25, -0.2) is 4.39 Å². The van der Waals surface area contributed by atoms with Gasteiger partial charge in [0.25, 0.3) is 0 Å². The quantitative estimate of drug-likeness (QED) is 0.808. The molecule has 0 bridgehead atoms. The molecule has 1 atom stereocenters. The van der Waals surface area contributed by atoms with E-state index >= 15 is 0 Å². The van der Waals surface area contributed by atoms with Crippen LogP contribution < -0.4 is 11.1 Å². The minimum atomic E-state index is -0.235. The molecule has 3 N–H and O–H groups in total. The maximum absolute atomic E-state index is 13.2. The number of benzene rings is 1. The first kappa shape index (κ1) is 9.52. The van der Waals surface area contributed by atoms with Crippen molar-refractivity contribution in [1.82, 2.24) is 5.32 Å². The molecular weight excluding hydrogens is 247 g/mol. The Morgan fingerprint density at radius 3 is 2.86 bits per heavy atom. The third-order valence-electron chi connectivity index (χ3n) is 2.28. The van der Waals surface area contributed by atoms with Crippen molar-refractivity contribution < 1.29 is 4.39 Å². The Hall–Kier alpha value is -1.03. The van der Waals surface area contributed by atoms with E-state index in [1.807, 2.05) is 12.1 Å². The summed E-state index contributed by atoms with van der Waals surface area (Å²) in [5.41, 5.74) is 6.52. The first-order valence-corrected chi connectivity index (χ1v) is 5.12. The number of halogens is 2. The van der Waals surface area contributed by atoms with Gasteiger partial charge in [-0.3, -0.25) is 0 Å². The molecule has 0 aliphatic carbocycles. The minimum Gasteiger partial charge on any atom is -0.386 e. The highest BCUT2D eigenvalue weighted by molar-refractivity contribution is 9.10. The number of hydrogen-bond donors (Lipinski definition) is 2. The summed E-state index contributed by atoms with van der Waals surface area (Å²) in [6, 6.07) is 5.15. The molecule has 0 unspecified atom stereocenters. The summed E-state index contributed by atoms with van der Waals surface area (Å²) < 4.78 is 13.7. The van der Waals surface area contributed by atoms with Crippen LogP contribution in [0.25, 0.3) is 0 Å². The first-order chi connectivity index (χ1) is 6.66. The van der Waals surface area contributed by atoms with Crippen molar-refractivity contribution >= 4 is 15.9 Å². The molecule has 1 aliphatic heterocycles. The van der Waals surface area contributed by atoms with Crippen molar-refractivity contribution in [1.29, 1.82) is 0 Å². The molecule has 0 fully saturated rings. The molecule has 0 radical (unpaired) electrons. The van der Waals surface area contributed by atoms with E-state index in [9.17, 15) is 4.39 Å². The van der Waals surface area contributed by atoms with Gasteiger partial charge in [0.1, 0.15) is 5.82 Å². The van der Waals surface area contributed by atoms with E-state index in [0.29, 0.717) is 10.3 Å². The molecule has 0 aromatic heterocycles. The highest BCUT2D eigenvalue weighted by atomic mass is 79.9. The van der Waals surface area contributed by atoms with Crippen molar-refractivity contribution in [2.45, 2.75) is 5.92 Å². The van der Waals surface area contributed by atoms with Gasteiger partial charge in [0.15, 0.2) is 0 Å². The number of nitrogens with one attached hydrogen (secondary N) is 1. The number of nitrogens with two attached hydrogens (primary N) is 1. The van der Waals surface area contributed by atoms with Gasteiger partial charge in [0.2, 0.25) is 0 Å². The van der Waals surface area contributed by atoms with Gasteiger partial charge in [-0.2, -0.15) is 0 Å². The van der Waals surface area contributed by atoms with Crippen molar-refractivity contribution in [3.63, 3.8) is 0 Å². The smallest absolute Gasteiger partial charge is 0.137 e. The molecule has 1 aromatic rings. The summed E-state index contributed by atoms with van der Waals surface area (Å²) >= 11 is 3.12. The molecule has 4 heteroatoms. The molecule has 1 aliphatic rings. The van der Waals surface area contributed by atoms with Gasteiger partial charge in [-0.15, -0.1) is 0 Å². The van der Waals surface area contributed by atoms with Gasteiger partial charge >= 0.3 is 0 Å². The predicted molar refractivity (Wildman–Crippen MR) is 57.1 cm³/mol. The topological polar surface area (TPSA) is 38.0 Å². The van der Waals surface area contributed by atoms with Crippen LogP contribution in [0.1, 0.15) is 11.5 Å². The van der Waals surface area contributed by atoms with Crippen LogP contribution in [0.3, 0.4) is 0 Å². The second-order valence-electron chi connectivity index (χ2n) is 3.28. The lowest BCUT2D eigenvalue weighted by atomic mass is 10.0. The zero-order chi connectivity index (χ0) is 10.1. The Kier molecular flexibility index (Phi) is 2.46. The molecule has 1 aromatic carbocycles. The number of rotatable bonds is 1. The summed E-state index contributed by atoms with van der Waals surface area (Å²) in [4.78, 5) is 0. The minimum absolute atomic E-state index is 0.178. The van der Waals surface area contributed by atoms with E-state index in [-0.39, 0.29) is 11.7 Å². The summed E-state index contributed by atoms with van der Waals surface area (Å²) in [5, 5.41) is 3.01. The SMILES string of the molecule is NC1=C[C@@H](c2ccc(Br)c(F)c2)CN1. The van der Waals surface area contributed by atoms with E-state index in [1.165, 1.54) is 6.07 Å². The van der Waals surface area contributed by atoms with Gasteiger partial charge in [0, 0.05) is 12.5 Å². The van der Waals surface area contributed by atoms with Gasteiger partial charge in [-0.05, 0) is 39.7 Å². The van der Waals surface area contributed by atoms with E-state index in [1.54, 1.807) is 6.07 Å². The lowest BCUT2D eigenvalue weighted by Gasteiger charge is -2.07. The van der Waals surface area contributed by atoms with Gasteiger partial charge in [-0.1, -0.05) is 6.07 Å². The second kappa shape index (κ2) is 3.61.